The van der Waals surface area contributed by atoms with Crippen molar-refractivity contribution in [3.8, 4) is 0 Å². The number of hydrogen-bond acceptors (Lipinski definition) is 4. The van der Waals surface area contributed by atoms with Gasteiger partial charge >= 0.3 is 0 Å². The molecule has 1 aromatic rings. The van der Waals surface area contributed by atoms with E-state index in [9.17, 15) is 13.5 Å². The minimum atomic E-state index is -2.90. The molecule has 0 saturated heterocycles. The van der Waals surface area contributed by atoms with Gasteiger partial charge in [0, 0.05) is 23.3 Å². The summed E-state index contributed by atoms with van der Waals surface area (Å²) in [6.07, 6.45) is 1.99. The molecule has 0 amide bonds. The van der Waals surface area contributed by atoms with Gasteiger partial charge in [0.05, 0.1) is 11.4 Å². The van der Waals surface area contributed by atoms with Gasteiger partial charge in [-0.3, -0.25) is 0 Å². The average molecular weight is 348 g/mol. The molecule has 0 spiro atoms. The summed E-state index contributed by atoms with van der Waals surface area (Å²) in [6, 6.07) is 7.74. The van der Waals surface area contributed by atoms with E-state index in [1.165, 1.54) is 6.26 Å². The Morgan fingerprint density at radius 3 is 2.74 bits per heavy atom. The van der Waals surface area contributed by atoms with E-state index in [1.807, 2.05) is 24.3 Å². The fourth-order valence-corrected chi connectivity index (χ4v) is 3.77. The van der Waals surface area contributed by atoms with Crippen LogP contribution >= 0.6 is 15.9 Å². The lowest BCUT2D eigenvalue weighted by Crippen LogP contribution is -2.48. The van der Waals surface area contributed by atoms with Crippen molar-refractivity contribution in [3.63, 3.8) is 0 Å². The highest BCUT2D eigenvalue weighted by Gasteiger charge is 2.35. The van der Waals surface area contributed by atoms with Crippen molar-refractivity contribution < 1.29 is 13.5 Å². The lowest BCUT2D eigenvalue weighted by molar-refractivity contribution is 0.161. The summed E-state index contributed by atoms with van der Waals surface area (Å²) in [5.74, 6) is 0. The lowest BCUT2D eigenvalue weighted by Gasteiger charge is -2.35. The van der Waals surface area contributed by atoms with E-state index in [4.69, 9.17) is 0 Å². The number of hydrogen-bond donors (Lipinski definition) is 2. The van der Waals surface area contributed by atoms with Crippen molar-refractivity contribution >= 4 is 25.8 Å². The molecule has 1 aliphatic rings. The Labute approximate surface area is 122 Å². The van der Waals surface area contributed by atoms with Crippen LogP contribution in [0.4, 0.5) is 0 Å². The minimum Gasteiger partial charge on any atom is -0.387 e. The average Bonchev–Trinajstić information content (AvgIpc) is 2.24. The molecular weight excluding hydrogens is 330 g/mol. The minimum absolute atomic E-state index is 0.196. The molecular formula is C13H18BrNO3S. The predicted octanol–water partition coefficient (Wildman–Crippen LogP) is 1.65. The van der Waals surface area contributed by atoms with Gasteiger partial charge in [-0.25, -0.2) is 8.42 Å². The van der Waals surface area contributed by atoms with Crippen molar-refractivity contribution in [2.45, 2.75) is 30.2 Å². The summed E-state index contributed by atoms with van der Waals surface area (Å²) in [5, 5.41) is 13.0. The maximum absolute atomic E-state index is 11.3. The standard InChI is InChI=1S/C13H18BrNO3S/c1-19(17,18)12-6-11(7-12)15-8-13(16)9-3-2-4-10(14)5-9/h2-5,11-13,15-16H,6-8H2,1H3. The van der Waals surface area contributed by atoms with Crippen LogP contribution in [0.2, 0.25) is 0 Å². The van der Waals surface area contributed by atoms with Gasteiger partial charge < -0.3 is 10.4 Å². The molecule has 1 fully saturated rings. The Morgan fingerprint density at radius 2 is 2.16 bits per heavy atom. The fourth-order valence-electron chi connectivity index (χ4n) is 2.19. The van der Waals surface area contributed by atoms with E-state index >= 15 is 0 Å². The van der Waals surface area contributed by atoms with Gasteiger partial charge in [-0.2, -0.15) is 0 Å². The van der Waals surface area contributed by atoms with E-state index in [0.717, 1.165) is 10.0 Å². The monoisotopic (exact) mass is 347 g/mol. The highest BCUT2D eigenvalue weighted by molar-refractivity contribution is 9.10. The zero-order valence-corrected chi connectivity index (χ0v) is 13.1. The third kappa shape index (κ3) is 4.02. The zero-order chi connectivity index (χ0) is 14.0. The normalized spacial score (nSPS) is 24.8. The van der Waals surface area contributed by atoms with Gasteiger partial charge in [-0.05, 0) is 30.5 Å². The second kappa shape index (κ2) is 5.91. The second-order valence-electron chi connectivity index (χ2n) is 5.10. The van der Waals surface area contributed by atoms with E-state index in [-0.39, 0.29) is 11.3 Å². The third-order valence-corrected chi connectivity index (χ3v) is 5.62. The first-order valence-electron chi connectivity index (χ1n) is 6.22. The van der Waals surface area contributed by atoms with Crippen molar-refractivity contribution in [3.05, 3.63) is 34.3 Å². The van der Waals surface area contributed by atoms with E-state index < -0.39 is 15.9 Å². The van der Waals surface area contributed by atoms with Gasteiger partial charge in [0.25, 0.3) is 0 Å². The maximum atomic E-state index is 11.3. The number of rotatable bonds is 5. The van der Waals surface area contributed by atoms with Crippen molar-refractivity contribution in [1.82, 2.24) is 5.32 Å². The van der Waals surface area contributed by atoms with E-state index in [0.29, 0.717) is 19.4 Å². The Hall–Kier alpha value is -0.430. The van der Waals surface area contributed by atoms with Crippen LogP contribution in [0.25, 0.3) is 0 Å². The van der Waals surface area contributed by atoms with E-state index in [2.05, 4.69) is 21.2 Å². The Morgan fingerprint density at radius 1 is 1.47 bits per heavy atom. The molecule has 1 aliphatic carbocycles. The molecule has 0 heterocycles. The summed E-state index contributed by atoms with van der Waals surface area (Å²) in [7, 11) is -2.90. The highest BCUT2D eigenvalue weighted by atomic mass is 79.9. The molecule has 0 bridgehead atoms. The summed E-state index contributed by atoms with van der Waals surface area (Å²) >= 11 is 3.37. The first-order valence-corrected chi connectivity index (χ1v) is 8.97. The fraction of sp³-hybridized carbons (Fsp3) is 0.538. The SMILES string of the molecule is CS(=O)(=O)C1CC(NCC(O)c2cccc(Br)c2)C1. The molecule has 1 unspecified atom stereocenters. The van der Waals surface area contributed by atoms with Crippen LogP contribution in [-0.4, -0.2) is 37.6 Å². The van der Waals surface area contributed by atoms with Crippen LogP contribution in [0.15, 0.2) is 28.7 Å². The van der Waals surface area contributed by atoms with Crippen LogP contribution < -0.4 is 5.32 Å². The van der Waals surface area contributed by atoms with Gasteiger partial charge in [-0.1, -0.05) is 28.1 Å². The molecule has 1 aromatic carbocycles. The molecule has 2 N–H and O–H groups in total. The van der Waals surface area contributed by atoms with Crippen LogP contribution in [0, 0.1) is 0 Å². The molecule has 19 heavy (non-hydrogen) atoms. The largest absolute Gasteiger partial charge is 0.387 e. The molecule has 2 rings (SSSR count). The van der Waals surface area contributed by atoms with Crippen LogP contribution in [-0.2, 0) is 9.84 Å². The number of benzene rings is 1. The zero-order valence-electron chi connectivity index (χ0n) is 10.7. The summed E-state index contributed by atoms with van der Waals surface area (Å²) in [5.41, 5.74) is 0.848. The lowest BCUT2D eigenvalue weighted by atomic mass is 9.92. The number of halogens is 1. The number of aliphatic hydroxyl groups excluding tert-OH is 1. The molecule has 106 valence electrons. The topological polar surface area (TPSA) is 66.4 Å². The van der Waals surface area contributed by atoms with Crippen LogP contribution in [0.1, 0.15) is 24.5 Å². The van der Waals surface area contributed by atoms with Crippen LogP contribution in [0.3, 0.4) is 0 Å². The van der Waals surface area contributed by atoms with Gasteiger partial charge in [-0.15, -0.1) is 0 Å². The van der Waals surface area contributed by atoms with E-state index in [1.54, 1.807) is 0 Å². The highest BCUT2D eigenvalue weighted by Crippen LogP contribution is 2.27. The maximum Gasteiger partial charge on any atom is 0.150 e. The third-order valence-electron chi connectivity index (χ3n) is 3.53. The molecule has 1 atom stereocenters. The van der Waals surface area contributed by atoms with Gasteiger partial charge in [0.1, 0.15) is 9.84 Å². The van der Waals surface area contributed by atoms with Crippen molar-refractivity contribution in [2.24, 2.45) is 0 Å². The molecule has 1 saturated carbocycles. The molecule has 0 radical (unpaired) electrons. The van der Waals surface area contributed by atoms with Crippen LogP contribution in [0.5, 0.6) is 0 Å². The first kappa shape index (κ1) is 15.0. The smallest absolute Gasteiger partial charge is 0.150 e. The molecule has 0 aromatic heterocycles. The number of nitrogens with one attached hydrogen (secondary N) is 1. The Bertz CT molecular complexity index is 541. The summed E-state index contributed by atoms with van der Waals surface area (Å²) < 4.78 is 23.5. The van der Waals surface area contributed by atoms with Crippen molar-refractivity contribution in [2.75, 3.05) is 12.8 Å². The van der Waals surface area contributed by atoms with Gasteiger partial charge in [0.2, 0.25) is 0 Å². The number of sulfone groups is 1. The molecule has 6 heteroatoms. The Kier molecular flexibility index (Phi) is 4.66. The number of aliphatic hydroxyl groups is 1. The predicted molar refractivity (Wildman–Crippen MR) is 78.8 cm³/mol. The summed E-state index contributed by atoms with van der Waals surface area (Å²) in [6.45, 7) is 0.442. The first-order chi connectivity index (χ1) is 8.86. The molecule has 0 aliphatic heterocycles. The molecule has 4 nitrogen and oxygen atoms in total. The van der Waals surface area contributed by atoms with Crippen molar-refractivity contribution in [1.29, 1.82) is 0 Å². The van der Waals surface area contributed by atoms with Gasteiger partial charge in [0.15, 0.2) is 0 Å². The quantitative estimate of drug-likeness (QED) is 0.849. The second-order valence-corrected chi connectivity index (χ2v) is 8.34. The Balaban J connectivity index is 1.78. The summed E-state index contributed by atoms with van der Waals surface area (Å²) in [4.78, 5) is 0.